The van der Waals surface area contributed by atoms with Gasteiger partial charge in [-0.2, -0.15) is 0 Å². The molecule has 474 valence electrons. The Kier molecular flexibility index (Phi) is 50.2. The van der Waals surface area contributed by atoms with E-state index in [1.807, 2.05) is 4.90 Å². The van der Waals surface area contributed by atoms with E-state index in [1.54, 1.807) is 128 Å². The minimum absolute atomic E-state index is 0.112. The summed E-state index contributed by atoms with van der Waals surface area (Å²) in [5.74, 6) is 0. The Morgan fingerprint density at radius 3 is 0.679 bits per heavy atom. The largest absolute Gasteiger partial charge is 0.500 e. The summed E-state index contributed by atoms with van der Waals surface area (Å²) in [6.45, 7) is 3.47. The number of aliphatic hydroxyl groups is 6. The van der Waals surface area contributed by atoms with Gasteiger partial charge in [-0.25, -0.2) is 0 Å². The van der Waals surface area contributed by atoms with Crippen molar-refractivity contribution in [3.63, 3.8) is 0 Å². The third-order valence-electron chi connectivity index (χ3n) is 14.1. The van der Waals surface area contributed by atoms with Gasteiger partial charge in [-0.1, -0.05) is 0 Å². The van der Waals surface area contributed by atoms with Gasteiger partial charge in [-0.05, 0) is 77.8 Å². The highest BCUT2D eigenvalue weighted by atomic mass is 28.4. The molecule has 0 heterocycles. The number of aliphatic hydroxyl groups excluding tert-OH is 6. The smallest absolute Gasteiger partial charge is 0.395 e. The van der Waals surface area contributed by atoms with E-state index in [9.17, 15) is 30.6 Å². The predicted molar refractivity (Wildman–Crippen MR) is 306 cm³/mol. The molecular formula is C45H111N3O24Si6. The van der Waals surface area contributed by atoms with Gasteiger partial charge in [-0.15, -0.1) is 0 Å². The lowest BCUT2D eigenvalue weighted by molar-refractivity contribution is -0.0485. The topological polar surface area (TPSA) is 297 Å². The minimum Gasteiger partial charge on any atom is -0.395 e. The first-order chi connectivity index (χ1) is 37.3. The van der Waals surface area contributed by atoms with Gasteiger partial charge in [0.2, 0.25) is 0 Å². The molecule has 0 atom stereocenters. The van der Waals surface area contributed by atoms with Crippen molar-refractivity contribution in [1.29, 1.82) is 0 Å². The maximum atomic E-state index is 9.85. The summed E-state index contributed by atoms with van der Waals surface area (Å²) in [7, 11) is 12.9. The highest BCUT2D eigenvalue weighted by Gasteiger charge is 2.43. The van der Waals surface area contributed by atoms with Crippen LogP contribution in [0.5, 0.6) is 0 Å². The highest BCUT2D eigenvalue weighted by Crippen LogP contribution is 2.24. The fourth-order valence-corrected chi connectivity index (χ4v) is 18.8. The Balaban J connectivity index is -0.00000109. The summed E-state index contributed by atoms with van der Waals surface area (Å²) in [5, 5.41) is 57.9. The summed E-state index contributed by atoms with van der Waals surface area (Å²) in [5.41, 5.74) is -1.13. The van der Waals surface area contributed by atoms with Gasteiger partial charge in [0.1, 0.15) is 0 Å². The molecule has 0 fully saturated rings. The van der Waals surface area contributed by atoms with Crippen LogP contribution in [-0.2, 0) is 79.7 Å². The number of hydrogen-bond donors (Lipinski definition) is 6. The van der Waals surface area contributed by atoms with Gasteiger partial charge in [0.15, 0.2) is 0 Å². The molecule has 0 bridgehead atoms. The van der Waals surface area contributed by atoms with Crippen molar-refractivity contribution in [3.05, 3.63) is 0 Å². The molecule has 0 spiro atoms. The van der Waals surface area contributed by atoms with Crippen molar-refractivity contribution in [2.45, 2.75) is 86.4 Å². The van der Waals surface area contributed by atoms with Gasteiger partial charge < -0.3 is 115 Å². The zero-order valence-electron chi connectivity index (χ0n) is 51.1. The molecule has 0 unspecified atom stereocenters. The fourth-order valence-electron chi connectivity index (χ4n) is 8.62. The van der Waals surface area contributed by atoms with Gasteiger partial charge in [0.05, 0.1) is 51.2 Å². The summed E-state index contributed by atoms with van der Waals surface area (Å²) >= 11 is 0. The zero-order valence-corrected chi connectivity index (χ0v) is 57.1. The third-order valence-corrected chi connectivity index (χ3v) is 31.1. The van der Waals surface area contributed by atoms with E-state index in [0.717, 1.165) is 50.9 Å². The first-order valence-corrected chi connectivity index (χ1v) is 37.7. The lowest BCUT2D eigenvalue weighted by Crippen LogP contribution is -2.58. The molecule has 33 heteroatoms. The Labute approximate surface area is 475 Å². The van der Waals surface area contributed by atoms with Crippen LogP contribution in [0.15, 0.2) is 0 Å². The zero-order chi connectivity index (χ0) is 60.2. The molecule has 0 radical (unpaired) electrons. The van der Waals surface area contributed by atoms with Gasteiger partial charge >= 0.3 is 52.8 Å². The minimum atomic E-state index is -2.72. The summed E-state index contributed by atoms with van der Waals surface area (Å²) in [6, 6.07) is 3.61. The third kappa shape index (κ3) is 28.9. The second kappa shape index (κ2) is 47.5. The van der Waals surface area contributed by atoms with Crippen LogP contribution in [0.25, 0.3) is 0 Å². The highest BCUT2D eigenvalue weighted by molar-refractivity contribution is 6.62. The number of hydrogen-bond acceptors (Lipinski definition) is 27. The van der Waals surface area contributed by atoms with Crippen LogP contribution in [-0.4, -0.2) is 323 Å². The monoisotopic (exact) mass is 1250 g/mol. The summed E-state index contributed by atoms with van der Waals surface area (Å²) < 4.78 is 97.8. The molecule has 0 saturated carbocycles. The van der Waals surface area contributed by atoms with Crippen molar-refractivity contribution in [1.82, 2.24) is 14.7 Å². The molecule has 27 nitrogen and oxygen atoms in total. The van der Waals surface area contributed by atoms with Gasteiger partial charge in [0.25, 0.3) is 0 Å². The second-order valence-corrected chi connectivity index (χ2v) is 36.2. The molecule has 0 aliphatic heterocycles. The molecule has 0 rings (SSSR count). The average Bonchev–Trinajstić information content (AvgIpc) is 3.49. The Morgan fingerprint density at radius 2 is 0.500 bits per heavy atom. The Hall–Kier alpha value is 0.221. The molecule has 78 heavy (non-hydrogen) atoms. The quantitative estimate of drug-likeness (QED) is 0.0453. The molecule has 0 aromatic rings. The van der Waals surface area contributed by atoms with Crippen molar-refractivity contribution >= 4 is 52.8 Å². The molecule has 0 saturated heterocycles. The molecular weight excluding hydrogens is 1140 g/mol. The van der Waals surface area contributed by atoms with Crippen LogP contribution in [0.3, 0.4) is 0 Å². The van der Waals surface area contributed by atoms with E-state index in [4.69, 9.17) is 79.7 Å². The van der Waals surface area contributed by atoms with Crippen molar-refractivity contribution in [3.8, 4) is 0 Å². The van der Waals surface area contributed by atoms with E-state index < -0.39 is 58.4 Å². The van der Waals surface area contributed by atoms with E-state index in [2.05, 4.69) is 9.80 Å². The van der Waals surface area contributed by atoms with Crippen LogP contribution < -0.4 is 0 Å². The Morgan fingerprint density at radius 1 is 0.295 bits per heavy atom. The van der Waals surface area contributed by atoms with Crippen LogP contribution in [0.2, 0.25) is 36.3 Å². The molecule has 0 amide bonds. The second-order valence-electron chi connectivity index (χ2n) is 17.7. The van der Waals surface area contributed by atoms with Crippen molar-refractivity contribution in [2.24, 2.45) is 0 Å². The lowest BCUT2D eigenvalue weighted by atomic mass is 10.00. The van der Waals surface area contributed by atoms with E-state index >= 15 is 0 Å². The van der Waals surface area contributed by atoms with Crippen LogP contribution in [0, 0.1) is 0 Å². The fraction of sp³-hybridized carbons (Fsp3) is 1.00. The first kappa shape index (κ1) is 82.4. The predicted octanol–water partition coefficient (Wildman–Crippen LogP) is 0.536. The molecule has 0 aromatic carbocycles. The van der Waals surface area contributed by atoms with E-state index in [-0.39, 0.29) is 45.7 Å². The number of nitrogens with zero attached hydrogens (tertiary/aromatic N) is 3. The Bertz CT molecular complexity index is 1210. The normalized spacial score (nSPS) is 13.2. The number of rotatable bonds is 51. The standard InChI is InChI=1S/C16H39NO9Si2.C15H37NO8Si2.C14H35NO7Si2/c1-21-27(22-2,23-3)11-7-9-17(16(13-18,14-19)15-20)10-8-12-28(24-4,25-5)26-6;1-19-25(20-2,21-3)11-7-9-16(15(13-17)14-18)10-8-12-26(22-4,23-5)24-6;1-17-23(18-2,19-3)13-7-9-15(11-12-16)10-8-14-24(20-4,21-5)22-6/h18-20H,7-15H2,1-6H3;15,17-18H,7-14H2,1-6H3;16H,7-14H2,1-6H3. The van der Waals surface area contributed by atoms with Gasteiger partial charge in [-0.3, -0.25) is 9.80 Å². The lowest BCUT2D eigenvalue weighted by Gasteiger charge is -2.41. The summed E-state index contributed by atoms with van der Waals surface area (Å²) in [4.78, 5) is 6.15. The van der Waals surface area contributed by atoms with E-state index in [0.29, 0.717) is 69.7 Å². The van der Waals surface area contributed by atoms with Crippen LogP contribution in [0.4, 0.5) is 0 Å². The maximum absolute atomic E-state index is 9.85. The molecule has 6 N–H and O–H groups in total. The SMILES string of the molecule is CO[Si](CCCN(CCC[Si](OC)(OC)OC)C(CO)(CO)CO)(OC)OC.CO[Si](CCCN(CCC[Si](OC)(OC)OC)C(CO)CO)(OC)OC.CO[Si](CCCN(CCO)CCC[Si](OC)(OC)OC)(OC)OC. The van der Waals surface area contributed by atoms with Crippen molar-refractivity contribution < 1.29 is 110 Å². The van der Waals surface area contributed by atoms with E-state index in [1.165, 1.54) is 0 Å². The molecule has 0 aliphatic rings. The van der Waals surface area contributed by atoms with Crippen LogP contribution >= 0.6 is 0 Å². The molecule has 0 aliphatic carbocycles. The first-order valence-electron chi connectivity index (χ1n) is 26.1. The van der Waals surface area contributed by atoms with Crippen LogP contribution in [0.1, 0.15) is 38.5 Å². The van der Waals surface area contributed by atoms with Crippen molar-refractivity contribution in [2.75, 3.05) is 213 Å². The molecule has 0 aromatic heterocycles. The maximum Gasteiger partial charge on any atom is 0.500 e. The van der Waals surface area contributed by atoms with Gasteiger partial charge in [0, 0.05) is 171 Å². The average molecular weight is 1250 g/mol. The summed E-state index contributed by atoms with van der Waals surface area (Å²) in [6.07, 6.45) is 4.57.